The molecule has 1 aromatic heterocycles. The van der Waals surface area contributed by atoms with Crippen molar-refractivity contribution in [1.29, 1.82) is 0 Å². The summed E-state index contributed by atoms with van der Waals surface area (Å²) in [6.07, 6.45) is 0. The molecule has 1 heterocycles. The average Bonchev–Trinajstić information content (AvgIpc) is 3.06. The van der Waals surface area contributed by atoms with Gasteiger partial charge in [-0.3, -0.25) is 4.79 Å². The number of hydrogen-bond donors (Lipinski definition) is 2. The summed E-state index contributed by atoms with van der Waals surface area (Å²) in [7, 11) is 3.16. The van der Waals surface area contributed by atoms with Crippen LogP contribution in [0.25, 0.3) is 21.9 Å². The van der Waals surface area contributed by atoms with Crippen LogP contribution in [0.15, 0.2) is 59.0 Å². The van der Waals surface area contributed by atoms with E-state index in [4.69, 9.17) is 19.6 Å². The van der Waals surface area contributed by atoms with Gasteiger partial charge in [0, 0.05) is 22.1 Å². The Bertz CT molecular complexity index is 1150. The summed E-state index contributed by atoms with van der Waals surface area (Å²) in [5.74, 6) is 1.02. The van der Waals surface area contributed by atoms with Crippen LogP contribution in [-0.4, -0.2) is 20.1 Å². The molecular formula is C21H18N2O4. The minimum absolute atomic E-state index is 0.252. The van der Waals surface area contributed by atoms with Crippen LogP contribution < -0.4 is 20.5 Å². The van der Waals surface area contributed by atoms with Gasteiger partial charge in [0.25, 0.3) is 5.91 Å². The second-order valence-corrected chi connectivity index (χ2v) is 6.06. The zero-order chi connectivity index (χ0) is 19.0. The predicted octanol–water partition coefficient (Wildman–Crippen LogP) is 4.44. The minimum Gasteiger partial charge on any atom is -0.497 e. The SMILES string of the molecule is COc1ccc(NC(=O)c2ccc(OC)c3oc4ccc(N)cc4c23)cc1. The Morgan fingerprint density at radius 1 is 1.00 bits per heavy atom. The standard InChI is InChI=1S/C21H18N2O4/c1-25-14-6-4-13(5-7-14)23-21(24)15-8-10-18(26-2)20-19(15)16-11-12(22)3-9-17(16)27-20/h3-11H,22H2,1-2H3,(H,23,24). The fourth-order valence-electron chi connectivity index (χ4n) is 3.10. The van der Waals surface area contributed by atoms with Crippen LogP contribution in [0.1, 0.15) is 10.4 Å². The maximum atomic E-state index is 13.0. The van der Waals surface area contributed by atoms with Crippen molar-refractivity contribution in [3.63, 3.8) is 0 Å². The first-order chi connectivity index (χ1) is 13.1. The monoisotopic (exact) mass is 362 g/mol. The van der Waals surface area contributed by atoms with Gasteiger partial charge in [0.15, 0.2) is 11.3 Å². The van der Waals surface area contributed by atoms with Gasteiger partial charge in [0.1, 0.15) is 11.3 Å². The summed E-state index contributed by atoms with van der Waals surface area (Å²) in [5, 5.41) is 4.34. The Kier molecular flexibility index (Phi) is 4.08. The van der Waals surface area contributed by atoms with Crippen LogP contribution in [-0.2, 0) is 0 Å². The molecule has 0 aliphatic heterocycles. The first-order valence-corrected chi connectivity index (χ1v) is 8.35. The predicted molar refractivity (Wildman–Crippen MR) is 106 cm³/mol. The molecule has 0 unspecified atom stereocenters. The van der Waals surface area contributed by atoms with E-state index < -0.39 is 0 Å². The van der Waals surface area contributed by atoms with E-state index in [1.54, 1.807) is 68.8 Å². The fourth-order valence-corrected chi connectivity index (χ4v) is 3.10. The van der Waals surface area contributed by atoms with Gasteiger partial charge in [-0.15, -0.1) is 0 Å². The number of nitrogen functional groups attached to an aromatic ring is 1. The Labute approximate surface area is 155 Å². The van der Waals surface area contributed by atoms with Crippen molar-refractivity contribution in [3.8, 4) is 11.5 Å². The normalized spacial score (nSPS) is 10.9. The summed E-state index contributed by atoms with van der Waals surface area (Å²) < 4.78 is 16.5. The van der Waals surface area contributed by atoms with Gasteiger partial charge >= 0.3 is 0 Å². The van der Waals surface area contributed by atoms with Crippen molar-refractivity contribution in [2.75, 3.05) is 25.3 Å². The number of anilines is 2. The number of nitrogens with two attached hydrogens (primary N) is 1. The molecular weight excluding hydrogens is 344 g/mol. The second-order valence-electron chi connectivity index (χ2n) is 6.06. The molecule has 6 heteroatoms. The lowest BCUT2D eigenvalue weighted by molar-refractivity contribution is 0.102. The van der Waals surface area contributed by atoms with Gasteiger partial charge in [-0.05, 0) is 54.6 Å². The number of hydrogen-bond acceptors (Lipinski definition) is 5. The van der Waals surface area contributed by atoms with Gasteiger partial charge in [0.05, 0.1) is 19.8 Å². The molecule has 0 saturated carbocycles. The smallest absolute Gasteiger partial charge is 0.256 e. The first kappa shape index (κ1) is 16.8. The first-order valence-electron chi connectivity index (χ1n) is 8.35. The number of amides is 1. The lowest BCUT2D eigenvalue weighted by atomic mass is 10.0. The largest absolute Gasteiger partial charge is 0.497 e. The van der Waals surface area contributed by atoms with Crippen molar-refractivity contribution < 1.29 is 18.7 Å². The van der Waals surface area contributed by atoms with E-state index in [2.05, 4.69) is 5.32 Å². The molecule has 27 heavy (non-hydrogen) atoms. The van der Waals surface area contributed by atoms with E-state index >= 15 is 0 Å². The summed E-state index contributed by atoms with van der Waals surface area (Å²) in [6.45, 7) is 0. The van der Waals surface area contributed by atoms with Gasteiger partial charge in [0.2, 0.25) is 0 Å². The molecule has 6 nitrogen and oxygen atoms in total. The number of benzene rings is 3. The number of furan rings is 1. The molecule has 3 N–H and O–H groups in total. The molecule has 0 fully saturated rings. The molecule has 0 aliphatic rings. The molecule has 0 spiro atoms. The molecule has 0 atom stereocenters. The number of nitrogens with one attached hydrogen (secondary N) is 1. The van der Waals surface area contributed by atoms with Crippen molar-refractivity contribution in [3.05, 3.63) is 60.2 Å². The Morgan fingerprint density at radius 3 is 2.48 bits per heavy atom. The Hall–Kier alpha value is -3.67. The molecule has 0 bridgehead atoms. The summed E-state index contributed by atoms with van der Waals surface area (Å²) >= 11 is 0. The molecule has 0 aliphatic carbocycles. The fraction of sp³-hybridized carbons (Fsp3) is 0.0952. The van der Waals surface area contributed by atoms with E-state index in [0.717, 1.165) is 11.1 Å². The van der Waals surface area contributed by atoms with Gasteiger partial charge < -0.3 is 24.9 Å². The Morgan fingerprint density at radius 2 is 1.78 bits per heavy atom. The highest BCUT2D eigenvalue weighted by atomic mass is 16.5. The van der Waals surface area contributed by atoms with E-state index in [0.29, 0.717) is 39.2 Å². The lowest BCUT2D eigenvalue weighted by Gasteiger charge is -2.09. The molecule has 4 aromatic rings. The number of methoxy groups -OCH3 is 2. The zero-order valence-electron chi connectivity index (χ0n) is 14.9. The third-order valence-electron chi connectivity index (χ3n) is 4.42. The summed E-state index contributed by atoms with van der Waals surface area (Å²) in [6, 6.07) is 15.9. The highest BCUT2D eigenvalue weighted by Crippen LogP contribution is 2.38. The van der Waals surface area contributed by atoms with Crippen LogP contribution in [0.3, 0.4) is 0 Å². The summed E-state index contributed by atoms with van der Waals surface area (Å²) in [5.41, 5.74) is 8.83. The number of carbonyl (C=O) groups is 1. The maximum Gasteiger partial charge on any atom is 0.256 e. The van der Waals surface area contributed by atoms with Crippen LogP contribution in [0.4, 0.5) is 11.4 Å². The van der Waals surface area contributed by atoms with Crippen molar-refractivity contribution in [2.24, 2.45) is 0 Å². The summed E-state index contributed by atoms with van der Waals surface area (Å²) in [4.78, 5) is 13.0. The highest BCUT2D eigenvalue weighted by molar-refractivity contribution is 6.20. The molecule has 4 rings (SSSR count). The van der Waals surface area contributed by atoms with Crippen LogP contribution in [0.2, 0.25) is 0 Å². The van der Waals surface area contributed by atoms with Crippen molar-refractivity contribution in [2.45, 2.75) is 0 Å². The number of fused-ring (bicyclic) bond motifs is 3. The quantitative estimate of drug-likeness (QED) is 0.524. The molecule has 3 aromatic carbocycles. The van der Waals surface area contributed by atoms with E-state index in [1.165, 1.54) is 0 Å². The van der Waals surface area contributed by atoms with E-state index in [1.807, 2.05) is 0 Å². The number of ether oxygens (including phenoxy) is 2. The Balaban J connectivity index is 1.83. The van der Waals surface area contributed by atoms with E-state index in [-0.39, 0.29) is 5.91 Å². The van der Waals surface area contributed by atoms with Crippen molar-refractivity contribution >= 4 is 39.2 Å². The lowest BCUT2D eigenvalue weighted by Crippen LogP contribution is -2.12. The van der Waals surface area contributed by atoms with Gasteiger partial charge in [-0.25, -0.2) is 0 Å². The third kappa shape index (κ3) is 2.91. The van der Waals surface area contributed by atoms with E-state index in [9.17, 15) is 4.79 Å². The second kappa shape index (κ2) is 6.57. The van der Waals surface area contributed by atoms with Crippen molar-refractivity contribution in [1.82, 2.24) is 0 Å². The van der Waals surface area contributed by atoms with Gasteiger partial charge in [-0.2, -0.15) is 0 Å². The molecule has 0 radical (unpaired) electrons. The average molecular weight is 362 g/mol. The van der Waals surface area contributed by atoms with Gasteiger partial charge in [-0.1, -0.05) is 0 Å². The minimum atomic E-state index is -0.252. The highest BCUT2D eigenvalue weighted by Gasteiger charge is 2.20. The zero-order valence-corrected chi connectivity index (χ0v) is 14.9. The maximum absolute atomic E-state index is 13.0. The van der Waals surface area contributed by atoms with Crippen LogP contribution in [0, 0.1) is 0 Å². The molecule has 1 amide bonds. The number of carbonyl (C=O) groups excluding carboxylic acids is 1. The van der Waals surface area contributed by atoms with Crippen LogP contribution in [0.5, 0.6) is 11.5 Å². The topological polar surface area (TPSA) is 86.7 Å². The molecule has 136 valence electrons. The number of rotatable bonds is 4. The molecule has 0 saturated heterocycles. The van der Waals surface area contributed by atoms with Crippen LogP contribution >= 0.6 is 0 Å². The third-order valence-corrected chi connectivity index (χ3v) is 4.42.